The number of sulfonamides is 1. The van der Waals surface area contributed by atoms with Crippen LogP contribution in [0.3, 0.4) is 0 Å². The van der Waals surface area contributed by atoms with Crippen LogP contribution in [0.15, 0.2) is 22.8 Å². The molecule has 1 amide bonds. The minimum absolute atomic E-state index is 0.00819. The Balaban J connectivity index is 1.87. The molecule has 0 saturated carbocycles. The number of hydrogen-bond donors (Lipinski definition) is 0. The number of amides is 1. The number of nitrogens with zero attached hydrogens (tertiary/aromatic N) is 3. The average molecular weight is 343 g/mol. The van der Waals surface area contributed by atoms with Crippen LogP contribution in [-0.2, 0) is 21.4 Å². The second kappa shape index (κ2) is 7.94. The molecular formula is C15H25N3O4S. The Labute approximate surface area is 137 Å². The first kappa shape index (κ1) is 18.0. The summed E-state index contributed by atoms with van der Waals surface area (Å²) in [4.78, 5) is 16.4. The van der Waals surface area contributed by atoms with E-state index in [1.165, 1.54) is 10.6 Å². The molecule has 0 radical (unpaired) electrons. The van der Waals surface area contributed by atoms with E-state index in [1.54, 1.807) is 12.1 Å². The van der Waals surface area contributed by atoms with E-state index < -0.39 is 10.0 Å². The first-order valence-electron chi connectivity index (χ1n) is 7.87. The molecule has 1 aromatic rings. The average Bonchev–Trinajstić information content (AvgIpc) is 3.03. The number of carbonyl (C=O) groups is 1. The van der Waals surface area contributed by atoms with Crippen molar-refractivity contribution >= 4 is 15.9 Å². The Morgan fingerprint density at radius 2 is 2.00 bits per heavy atom. The zero-order valence-electron chi connectivity index (χ0n) is 13.8. The van der Waals surface area contributed by atoms with Crippen molar-refractivity contribution in [2.24, 2.45) is 0 Å². The van der Waals surface area contributed by atoms with E-state index in [-0.39, 0.29) is 25.4 Å². The van der Waals surface area contributed by atoms with Crippen LogP contribution >= 0.6 is 0 Å². The first-order valence-corrected chi connectivity index (χ1v) is 9.72. The fraction of sp³-hybridized carbons (Fsp3) is 0.667. The van der Waals surface area contributed by atoms with Crippen LogP contribution in [0.1, 0.15) is 19.1 Å². The molecular weight excluding hydrogens is 318 g/mol. The molecule has 0 atom stereocenters. The van der Waals surface area contributed by atoms with Crippen molar-refractivity contribution in [3.63, 3.8) is 0 Å². The summed E-state index contributed by atoms with van der Waals surface area (Å²) in [6, 6.07) is 3.44. The molecule has 1 aliphatic rings. The van der Waals surface area contributed by atoms with Gasteiger partial charge in [-0.3, -0.25) is 4.79 Å². The van der Waals surface area contributed by atoms with Gasteiger partial charge in [-0.25, -0.2) is 8.42 Å². The Kier molecular flexibility index (Phi) is 6.20. The lowest BCUT2D eigenvalue weighted by Crippen LogP contribution is -2.49. The maximum atomic E-state index is 12.3. The lowest BCUT2D eigenvalue weighted by Gasteiger charge is -2.34. The largest absolute Gasteiger partial charge is 0.468 e. The van der Waals surface area contributed by atoms with Gasteiger partial charge in [-0.15, -0.1) is 0 Å². The Hall–Kier alpha value is -1.38. The summed E-state index contributed by atoms with van der Waals surface area (Å²) in [5, 5.41) is 0. The van der Waals surface area contributed by atoms with Gasteiger partial charge in [0.05, 0.1) is 19.1 Å². The van der Waals surface area contributed by atoms with Crippen molar-refractivity contribution in [3.8, 4) is 0 Å². The molecule has 1 fully saturated rings. The van der Waals surface area contributed by atoms with Gasteiger partial charge in [-0.2, -0.15) is 4.31 Å². The van der Waals surface area contributed by atoms with Gasteiger partial charge in [-0.05, 0) is 18.7 Å². The highest BCUT2D eigenvalue weighted by Gasteiger charge is 2.23. The molecule has 1 aliphatic heterocycles. The van der Waals surface area contributed by atoms with Crippen molar-refractivity contribution < 1.29 is 17.6 Å². The van der Waals surface area contributed by atoms with Gasteiger partial charge in [0.2, 0.25) is 15.9 Å². The lowest BCUT2D eigenvalue weighted by atomic mass is 10.2. The second-order valence-corrected chi connectivity index (χ2v) is 7.72. The van der Waals surface area contributed by atoms with Gasteiger partial charge in [0.25, 0.3) is 0 Å². The molecule has 0 spiro atoms. The maximum absolute atomic E-state index is 12.3. The summed E-state index contributed by atoms with van der Waals surface area (Å²) >= 11 is 0. The predicted molar refractivity (Wildman–Crippen MR) is 87.3 cm³/mol. The molecule has 0 aromatic carbocycles. The highest BCUT2D eigenvalue weighted by Crippen LogP contribution is 2.11. The molecule has 1 saturated heterocycles. The molecule has 0 aliphatic carbocycles. The minimum Gasteiger partial charge on any atom is -0.468 e. The molecule has 130 valence electrons. The highest BCUT2D eigenvalue weighted by atomic mass is 32.2. The van der Waals surface area contributed by atoms with E-state index in [4.69, 9.17) is 4.42 Å². The zero-order chi connectivity index (χ0) is 16.9. The standard InChI is InChI=1S/C15H25N3O4S/c1-3-16-8-10-17(11-9-16)15(19)6-7-18(23(2,20)21)13-14-5-4-12-22-14/h4-5,12H,3,6-11,13H2,1-2H3. The van der Waals surface area contributed by atoms with Gasteiger partial charge in [0, 0.05) is 39.1 Å². The first-order chi connectivity index (χ1) is 10.9. The quantitative estimate of drug-likeness (QED) is 0.725. The predicted octanol–water partition coefficient (Wildman–Crippen LogP) is 0.595. The van der Waals surface area contributed by atoms with E-state index >= 15 is 0 Å². The van der Waals surface area contributed by atoms with Gasteiger partial charge < -0.3 is 14.2 Å². The summed E-state index contributed by atoms with van der Waals surface area (Å²) in [7, 11) is -3.39. The van der Waals surface area contributed by atoms with Crippen molar-refractivity contribution in [2.75, 3.05) is 45.5 Å². The van der Waals surface area contributed by atoms with E-state index in [9.17, 15) is 13.2 Å². The SMILES string of the molecule is CCN1CCN(C(=O)CCN(Cc2ccco2)S(C)(=O)=O)CC1. The smallest absolute Gasteiger partial charge is 0.223 e. The molecule has 8 heteroatoms. The highest BCUT2D eigenvalue weighted by molar-refractivity contribution is 7.88. The summed E-state index contributed by atoms with van der Waals surface area (Å²) in [6.07, 6.45) is 2.86. The van der Waals surface area contributed by atoms with Gasteiger partial charge in [0.15, 0.2) is 0 Å². The number of likely N-dealkylation sites (N-methyl/N-ethyl adjacent to an activating group) is 1. The normalized spacial score (nSPS) is 16.9. The molecule has 23 heavy (non-hydrogen) atoms. The molecule has 7 nitrogen and oxygen atoms in total. The zero-order valence-corrected chi connectivity index (χ0v) is 14.6. The van der Waals surface area contributed by atoms with E-state index in [0.29, 0.717) is 18.8 Å². The van der Waals surface area contributed by atoms with Crippen LogP contribution in [0.5, 0.6) is 0 Å². The number of piperazine rings is 1. The van der Waals surface area contributed by atoms with Crippen molar-refractivity contribution in [3.05, 3.63) is 24.2 Å². The molecule has 2 heterocycles. The molecule has 1 aromatic heterocycles. The lowest BCUT2D eigenvalue weighted by molar-refractivity contribution is -0.133. The van der Waals surface area contributed by atoms with Crippen LogP contribution in [-0.4, -0.2) is 74.0 Å². The molecule has 2 rings (SSSR count). The summed E-state index contributed by atoms with van der Waals surface area (Å²) in [5.74, 6) is 0.577. The summed E-state index contributed by atoms with van der Waals surface area (Å²) < 4.78 is 30.2. The van der Waals surface area contributed by atoms with Crippen molar-refractivity contribution in [1.82, 2.24) is 14.1 Å². The molecule has 0 unspecified atom stereocenters. The van der Waals surface area contributed by atoms with Crippen LogP contribution in [0.2, 0.25) is 0 Å². The summed E-state index contributed by atoms with van der Waals surface area (Å²) in [6.45, 7) is 6.61. The van der Waals surface area contributed by atoms with Gasteiger partial charge >= 0.3 is 0 Å². The fourth-order valence-corrected chi connectivity index (χ4v) is 3.42. The number of furan rings is 1. The second-order valence-electron chi connectivity index (χ2n) is 5.74. The number of carbonyl (C=O) groups excluding carboxylic acids is 1. The number of rotatable bonds is 7. The van der Waals surface area contributed by atoms with Gasteiger partial charge in [0.1, 0.15) is 5.76 Å². The molecule has 0 N–H and O–H groups in total. The third kappa shape index (κ3) is 5.33. The summed E-state index contributed by atoms with van der Waals surface area (Å²) in [5.41, 5.74) is 0. The Bertz CT molecular complexity index is 592. The van der Waals surface area contributed by atoms with E-state index in [0.717, 1.165) is 25.9 Å². The van der Waals surface area contributed by atoms with Crippen LogP contribution in [0.4, 0.5) is 0 Å². The Morgan fingerprint density at radius 3 is 2.52 bits per heavy atom. The fourth-order valence-electron chi connectivity index (χ4n) is 2.63. The van der Waals surface area contributed by atoms with Crippen LogP contribution in [0, 0.1) is 0 Å². The van der Waals surface area contributed by atoms with E-state index in [2.05, 4.69) is 11.8 Å². The third-order valence-corrected chi connectivity index (χ3v) is 5.38. The third-order valence-electron chi connectivity index (χ3n) is 4.13. The minimum atomic E-state index is -3.39. The molecule has 0 bridgehead atoms. The van der Waals surface area contributed by atoms with Crippen molar-refractivity contribution in [2.45, 2.75) is 19.9 Å². The number of hydrogen-bond acceptors (Lipinski definition) is 5. The Morgan fingerprint density at radius 1 is 1.30 bits per heavy atom. The van der Waals surface area contributed by atoms with Crippen LogP contribution in [0.25, 0.3) is 0 Å². The van der Waals surface area contributed by atoms with Crippen LogP contribution < -0.4 is 0 Å². The maximum Gasteiger partial charge on any atom is 0.223 e. The van der Waals surface area contributed by atoms with E-state index in [1.807, 2.05) is 4.90 Å². The van der Waals surface area contributed by atoms with Crippen molar-refractivity contribution in [1.29, 1.82) is 0 Å². The van der Waals surface area contributed by atoms with Gasteiger partial charge in [-0.1, -0.05) is 6.92 Å². The topological polar surface area (TPSA) is 74.1 Å². The monoisotopic (exact) mass is 343 g/mol.